The molecular weight excluding hydrogens is 255 g/mol. The zero-order chi connectivity index (χ0) is 13.9. The first kappa shape index (κ1) is 13.9. The Morgan fingerprint density at radius 2 is 2.05 bits per heavy atom. The number of hydrogen-bond donors (Lipinski definition) is 0. The van der Waals surface area contributed by atoms with Crippen LogP contribution in [0.3, 0.4) is 0 Å². The Bertz CT molecular complexity index is 492. The van der Waals surface area contributed by atoms with Crippen LogP contribution in [0.15, 0.2) is 24.3 Å². The van der Waals surface area contributed by atoms with Gasteiger partial charge in [-0.3, -0.25) is 0 Å². The molecule has 0 spiro atoms. The number of fused-ring (bicyclic) bond motifs is 1. The summed E-state index contributed by atoms with van der Waals surface area (Å²) in [4.78, 5) is 0. The van der Waals surface area contributed by atoms with Gasteiger partial charge in [-0.05, 0) is 30.4 Å². The quantitative estimate of drug-likeness (QED) is 0.785. The van der Waals surface area contributed by atoms with Crippen molar-refractivity contribution in [3.63, 3.8) is 0 Å². The SMILES string of the molecule is N#CC1(CCOCC(F)(F)F)CCc2ccccc21. The lowest BCUT2D eigenvalue weighted by molar-refractivity contribution is -0.174. The molecule has 0 bridgehead atoms. The Morgan fingerprint density at radius 1 is 1.32 bits per heavy atom. The van der Waals surface area contributed by atoms with Crippen molar-refractivity contribution in [1.82, 2.24) is 0 Å². The van der Waals surface area contributed by atoms with E-state index in [1.54, 1.807) is 0 Å². The highest BCUT2D eigenvalue weighted by Gasteiger charge is 2.38. The molecule has 102 valence electrons. The highest BCUT2D eigenvalue weighted by molar-refractivity contribution is 5.43. The van der Waals surface area contributed by atoms with E-state index < -0.39 is 18.2 Å². The first-order valence-electron chi connectivity index (χ1n) is 6.11. The van der Waals surface area contributed by atoms with E-state index in [0.29, 0.717) is 12.8 Å². The van der Waals surface area contributed by atoms with Crippen LogP contribution in [0, 0.1) is 11.3 Å². The second-order valence-electron chi connectivity index (χ2n) is 4.77. The van der Waals surface area contributed by atoms with E-state index in [1.165, 1.54) is 0 Å². The topological polar surface area (TPSA) is 33.0 Å². The summed E-state index contributed by atoms with van der Waals surface area (Å²) in [6, 6.07) is 9.88. The van der Waals surface area contributed by atoms with Crippen LogP contribution >= 0.6 is 0 Å². The fraction of sp³-hybridized carbons (Fsp3) is 0.500. The van der Waals surface area contributed by atoms with Gasteiger partial charge >= 0.3 is 6.18 Å². The summed E-state index contributed by atoms with van der Waals surface area (Å²) in [7, 11) is 0. The maximum Gasteiger partial charge on any atom is 0.411 e. The van der Waals surface area contributed by atoms with Gasteiger partial charge in [0.05, 0.1) is 11.5 Å². The standard InChI is InChI=1S/C14H14F3NO/c15-14(16,17)10-19-8-7-13(9-18)6-5-11-3-1-2-4-12(11)13/h1-4H,5-8,10H2. The van der Waals surface area contributed by atoms with Gasteiger partial charge in [-0.15, -0.1) is 0 Å². The molecule has 1 atom stereocenters. The van der Waals surface area contributed by atoms with Crippen LogP contribution in [0.25, 0.3) is 0 Å². The third-order valence-electron chi connectivity index (χ3n) is 3.51. The molecule has 1 unspecified atom stereocenters. The summed E-state index contributed by atoms with van der Waals surface area (Å²) >= 11 is 0. The molecule has 0 radical (unpaired) electrons. The molecule has 0 aliphatic heterocycles. The van der Waals surface area contributed by atoms with Gasteiger partial charge in [0, 0.05) is 6.61 Å². The van der Waals surface area contributed by atoms with Gasteiger partial charge in [-0.25, -0.2) is 0 Å². The van der Waals surface area contributed by atoms with Crippen LogP contribution in [-0.4, -0.2) is 19.4 Å². The number of rotatable bonds is 4. The van der Waals surface area contributed by atoms with Crippen LogP contribution in [0.4, 0.5) is 13.2 Å². The number of aryl methyl sites for hydroxylation is 1. The number of alkyl halides is 3. The van der Waals surface area contributed by atoms with Crippen molar-refractivity contribution in [3.05, 3.63) is 35.4 Å². The fourth-order valence-electron chi connectivity index (χ4n) is 2.55. The van der Waals surface area contributed by atoms with E-state index in [4.69, 9.17) is 0 Å². The average Bonchev–Trinajstić information content (AvgIpc) is 2.74. The summed E-state index contributed by atoms with van der Waals surface area (Å²) in [5, 5.41) is 9.39. The minimum Gasteiger partial charge on any atom is -0.372 e. The van der Waals surface area contributed by atoms with E-state index in [-0.39, 0.29) is 6.61 Å². The van der Waals surface area contributed by atoms with E-state index >= 15 is 0 Å². The molecule has 5 heteroatoms. The smallest absolute Gasteiger partial charge is 0.372 e. The van der Waals surface area contributed by atoms with Crippen molar-refractivity contribution < 1.29 is 17.9 Å². The maximum absolute atomic E-state index is 12.0. The molecule has 2 rings (SSSR count). The van der Waals surface area contributed by atoms with Crippen LogP contribution in [0.1, 0.15) is 24.0 Å². The minimum absolute atomic E-state index is 0.0542. The van der Waals surface area contributed by atoms with Crippen LogP contribution in [0.5, 0.6) is 0 Å². The highest BCUT2D eigenvalue weighted by Crippen LogP contribution is 2.41. The van der Waals surface area contributed by atoms with Crippen molar-refractivity contribution in [3.8, 4) is 6.07 Å². The number of nitriles is 1. The van der Waals surface area contributed by atoms with Gasteiger partial charge in [-0.1, -0.05) is 24.3 Å². The molecule has 0 amide bonds. The van der Waals surface area contributed by atoms with Crippen LogP contribution in [-0.2, 0) is 16.6 Å². The first-order valence-corrected chi connectivity index (χ1v) is 6.11. The van der Waals surface area contributed by atoms with Gasteiger partial charge in [-0.2, -0.15) is 18.4 Å². The molecule has 0 saturated carbocycles. The lowest BCUT2D eigenvalue weighted by Gasteiger charge is -2.22. The van der Waals surface area contributed by atoms with Crippen molar-refractivity contribution in [2.45, 2.75) is 30.9 Å². The zero-order valence-corrected chi connectivity index (χ0v) is 10.3. The Balaban J connectivity index is 2.00. The summed E-state index contributed by atoms with van der Waals surface area (Å²) in [6.07, 6.45) is -2.56. The van der Waals surface area contributed by atoms with Gasteiger partial charge in [0.2, 0.25) is 0 Å². The first-order chi connectivity index (χ1) is 8.97. The number of nitrogens with zero attached hydrogens (tertiary/aromatic N) is 1. The average molecular weight is 269 g/mol. The fourth-order valence-corrected chi connectivity index (χ4v) is 2.55. The van der Waals surface area contributed by atoms with E-state index in [2.05, 4.69) is 10.8 Å². The Hall–Kier alpha value is -1.54. The summed E-state index contributed by atoms with van der Waals surface area (Å²) in [5.41, 5.74) is 1.36. The third kappa shape index (κ3) is 3.07. The van der Waals surface area contributed by atoms with Gasteiger partial charge in [0.25, 0.3) is 0 Å². The highest BCUT2D eigenvalue weighted by atomic mass is 19.4. The largest absolute Gasteiger partial charge is 0.411 e. The summed E-state index contributed by atoms with van der Waals surface area (Å²) in [6.45, 7) is -1.31. The minimum atomic E-state index is -4.31. The molecule has 0 aromatic heterocycles. The van der Waals surface area contributed by atoms with E-state index in [1.807, 2.05) is 24.3 Å². The molecule has 1 aliphatic rings. The molecule has 0 heterocycles. The van der Waals surface area contributed by atoms with Crippen molar-refractivity contribution in [2.24, 2.45) is 0 Å². The summed E-state index contributed by atoms with van der Waals surface area (Å²) < 4.78 is 40.6. The zero-order valence-electron chi connectivity index (χ0n) is 10.3. The normalized spacial score (nSPS) is 22.0. The van der Waals surface area contributed by atoms with Crippen molar-refractivity contribution >= 4 is 0 Å². The molecule has 19 heavy (non-hydrogen) atoms. The Labute approximate surface area is 109 Å². The number of ether oxygens (including phenoxy) is 1. The predicted molar refractivity (Wildman–Crippen MR) is 63.5 cm³/mol. The molecule has 0 N–H and O–H groups in total. The predicted octanol–water partition coefficient (Wildman–Crippen LogP) is 3.36. The lowest BCUT2D eigenvalue weighted by atomic mass is 9.80. The molecule has 1 aliphatic carbocycles. The number of hydrogen-bond acceptors (Lipinski definition) is 2. The second-order valence-corrected chi connectivity index (χ2v) is 4.77. The molecule has 0 fully saturated rings. The monoisotopic (exact) mass is 269 g/mol. The Morgan fingerprint density at radius 3 is 2.74 bits per heavy atom. The van der Waals surface area contributed by atoms with Crippen molar-refractivity contribution in [2.75, 3.05) is 13.2 Å². The van der Waals surface area contributed by atoms with Crippen molar-refractivity contribution in [1.29, 1.82) is 5.26 Å². The lowest BCUT2D eigenvalue weighted by Crippen LogP contribution is -2.25. The van der Waals surface area contributed by atoms with E-state index in [0.717, 1.165) is 17.5 Å². The van der Waals surface area contributed by atoms with Crippen LogP contribution < -0.4 is 0 Å². The summed E-state index contributed by atoms with van der Waals surface area (Å²) in [5.74, 6) is 0. The Kier molecular flexibility index (Phi) is 3.81. The molecule has 0 saturated heterocycles. The number of benzene rings is 1. The number of halogens is 3. The molecular formula is C14H14F3NO. The van der Waals surface area contributed by atoms with E-state index in [9.17, 15) is 18.4 Å². The van der Waals surface area contributed by atoms with Gasteiger partial charge in [0.1, 0.15) is 6.61 Å². The molecule has 1 aromatic carbocycles. The second kappa shape index (κ2) is 5.22. The molecule has 2 nitrogen and oxygen atoms in total. The van der Waals surface area contributed by atoms with Gasteiger partial charge < -0.3 is 4.74 Å². The molecule has 1 aromatic rings. The van der Waals surface area contributed by atoms with Crippen LogP contribution in [0.2, 0.25) is 0 Å². The third-order valence-corrected chi connectivity index (χ3v) is 3.51. The maximum atomic E-state index is 12.0. The van der Waals surface area contributed by atoms with Gasteiger partial charge in [0.15, 0.2) is 0 Å².